The molecule has 1 saturated carbocycles. The Morgan fingerprint density at radius 2 is 1.95 bits per heavy atom. The van der Waals surface area contributed by atoms with Crippen LogP contribution in [0.15, 0.2) is 6.07 Å². The van der Waals surface area contributed by atoms with E-state index in [4.69, 9.17) is 9.47 Å². The predicted molar refractivity (Wildman–Crippen MR) is 73.9 cm³/mol. The molecule has 1 aromatic rings. The molecule has 0 bridgehead atoms. The smallest absolute Gasteiger partial charge is 0.127 e. The lowest BCUT2D eigenvalue weighted by Gasteiger charge is -2.27. The van der Waals surface area contributed by atoms with E-state index in [0.717, 1.165) is 63.0 Å². The number of hydrogen-bond acceptors (Lipinski definition) is 3. The van der Waals surface area contributed by atoms with Crippen molar-refractivity contribution in [3.8, 4) is 11.5 Å². The van der Waals surface area contributed by atoms with Gasteiger partial charge >= 0.3 is 0 Å². The first-order valence-corrected chi connectivity index (χ1v) is 7.58. The molecule has 102 valence electrons. The molecule has 0 aromatic heterocycles. The Labute approximate surface area is 114 Å². The van der Waals surface area contributed by atoms with Crippen LogP contribution in [0.3, 0.4) is 0 Å². The molecule has 1 fully saturated rings. The number of nitrogens with one attached hydrogen (secondary N) is 1. The summed E-state index contributed by atoms with van der Waals surface area (Å²) in [5.41, 5.74) is 4.11. The summed E-state index contributed by atoms with van der Waals surface area (Å²) < 4.78 is 11.8. The minimum atomic E-state index is 0.736. The van der Waals surface area contributed by atoms with E-state index in [1.54, 1.807) is 0 Å². The van der Waals surface area contributed by atoms with Gasteiger partial charge in [0, 0.05) is 23.7 Å². The van der Waals surface area contributed by atoms with E-state index >= 15 is 0 Å². The second-order valence-corrected chi connectivity index (χ2v) is 5.88. The number of aryl methyl sites for hydroxylation is 1. The number of rotatable bonds is 3. The lowest BCUT2D eigenvalue weighted by Crippen LogP contribution is -2.22. The molecule has 0 radical (unpaired) electrons. The Balaban J connectivity index is 1.73. The monoisotopic (exact) mass is 259 g/mol. The van der Waals surface area contributed by atoms with E-state index in [-0.39, 0.29) is 0 Å². The van der Waals surface area contributed by atoms with Gasteiger partial charge in [0.15, 0.2) is 0 Å². The third-order valence-electron chi connectivity index (χ3n) is 4.34. The average molecular weight is 259 g/mol. The molecule has 0 unspecified atom stereocenters. The summed E-state index contributed by atoms with van der Waals surface area (Å²) >= 11 is 0. The molecular formula is C16H21NO2. The Bertz CT molecular complexity index is 460. The van der Waals surface area contributed by atoms with Crippen LogP contribution in [0.1, 0.15) is 42.4 Å². The topological polar surface area (TPSA) is 30.5 Å². The largest absolute Gasteiger partial charge is 0.493 e. The van der Waals surface area contributed by atoms with Crippen LogP contribution in [0.5, 0.6) is 11.5 Å². The van der Waals surface area contributed by atoms with Gasteiger partial charge in [0.05, 0.1) is 13.2 Å². The van der Waals surface area contributed by atoms with Gasteiger partial charge in [-0.1, -0.05) is 0 Å². The molecule has 3 aliphatic rings. The summed E-state index contributed by atoms with van der Waals surface area (Å²) in [6.07, 6.45) is 7.17. The first kappa shape index (κ1) is 11.6. The van der Waals surface area contributed by atoms with Gasteiger partial charge in [0.25, 0.3) is 0 Å². The molecule has 3 nitrogen and oxygen atoms in total. The van der Waals surface area contributed by atoms with Gasteiger partial charge in [-0.2, -0.15) is 0 Å². The van der Waals surface area contributed by atoms with Crippen molar-refractivity contribution >= 4 is 0 Å². The molecule has 0 atom stereocenters. The highest BCUT2D eigenvalue weighted by atomic mass is 16.5. The van der Waals surface area contributed by atoms with Crippen LogP contribution < -0.4 is 14.8 Å². The van der Waals surface area contributed by atoms with Crippen molar-refractivity contribution in [3.05, 3.63) is 22.8 Å². The second kappa shape index (κ2) is 4.71. The molecular weight excluding hydrogens is 238 g/mol. The highest BCUT2D eigenvalue weighted by Crippen LogP contribution is 2.40. The van der Waals surface area contributed by atoms with E-state index in [1.807, 2.05) is 0 Å². The van der Waals surface area contributed by atoms with E-state index in [9.17, 15) is 0 Å². The molecule has 3 heteroatoms. The minimum Gasteiger partial charge on any atom is -0.493 e. The van der Waals surface area contributed by atoms with Crippen LogP contribution in [0, 0.1) is 0 Å². The molecule has 0 saturated heterocycles. The van der Waals surface area contributed by atoms with Crippen molar-refractivity contribution in [1.29, 1.82) is 0 Å². The van der Waals surface area contributed by atoms with Crippen molar-refractivity contribution < 1.29 is 9.47 Å². The van der Waals surface area contributed by atoms with Gasteiger partial charge in [0.2, 0.25) is 0 Å². The van der Waals surface area contributed by atoms with Crippen LogP contribution in [0.4, 0.5) is 0 Å². The van der Waals surface area contributed by atoms with Crippen LogP contribution in [0.2, 0.25) is 0 Å². The van der Waals surface area contributed by atoms with Gasteiger partial charge in [0.1, 0.15) is 11.5 Å². The fourth-order valence-electron chi connectivity index (χ4n) is 3.15. The maximum atomic E-state index is 5.98. The van der Waals surface area contributed by atoms with Gasteiger partial charge in [-0.05, 0) is 50.2 Å². The molecule has 1 aromatic carbocycles. The van der Waals surface area contributed by atoms with Gasteiger partial charge in [-0.25, -0.2) is 0 Å². The quantitative estimate of drug-likeness (QED) is 0.905. The van der Waals surface area contributed by atoms with Gasteiger partial charge in [-0.15, -0.1) is 0 Å². The molecule has 0 spiro atoms. The number of fused-ring (bicyclic) bond motifs is 2. The third kappa shape index (κ3) is 2.20. The number of hydrogen-bond donors (Lipinski definition) is 1. The van der Waals surface area contributed by atoms with Crippen LogP contribution in [-0.2, 0) is 19.4 Å². The first-order valence-electron chi connectivity index (χ1n) is 7.58. The number of ether oxygens (including phenoxy) is 2. The molecule has 2 heterocycles. The Morgan fingerprint density at radius 1 is 1.11 bits per heavy atom. The first-order chi connectivity index (χ1) is 9.42. The van der Waals surface area contributed by atoms with Crippen molar-refractivity contribution in [2.75, 3.05) is 13.2 Å². The predicted octanol–water partition coefficient (Wildman–Crippen LogP) is 2.59. The summed E-state index contributed by atoms with van der Waals surface area (Å²) in [7, 11) is 0. The fraction of sp³-hybridized carbons (Fsp3) is 0.625. The van der Waals surface area contributed by atoms with Gasteiger partial charge in [-0.3, -0.25) is 0 Å². The van der Waals surface area contributed by atoms with Crippen molar-refractivity contribution in [3.63, 3.8) is 0 Å². The normalized spacial score (nSPS) is 21.1. The van der Waals surface area contributed by atoms with Crippen LogP contribution in [0.25, 0.3) is 0 Å². The standard InChI is InChI=1S/C16H21NO2/c1-3-11-9-15-13(4-2-7-18-15)14(16(11)19-8-1)10-17-12-5-6-12/h9,12,17H,1-8,10H2. The average Bonchev–Trinajstić information content (AvgIpc) is 3.27. The summed E-state index contributed by atoms with van der Waals surface area (Å²) in [5, 5.41) is 3.64. The summed E-state index contributed by atoms with van der Waals surface area (Å²) in [6, 6.07) is 2.96. The lowest BCUT2D eigenvalue weighted by atomic mass is 9.93. The molecule has 19 heavy (non-hydrogen) atoms. The van der Waals surface area contributed by atoms with E-state index < -0.39 is 0 Å². The summed E-state index contributed by atoms with van der Waals surface area (Å²) in [4.78, 5) is 0. The maximum absolute atomic E-state index is 5.98. The van der Waals surface area contributed by atoms with E-state index in [0.29, 0.717) is 0 Å². The summed E-state index contributed by atoms with van der Waals surface area (Å²) in [6.45, 7) is 2.67. The Hall–Kier alpha value is -1.22. The zero-order valence-electron chi connectivity index (χ0n) is 11.3. The molecule has 0 amide bonds. The zero-order valence-corrected chi connectivity index (χ0v) is 11.3. The van der Waals surface area contributed by atoms with Gasteiger partial charge < -0.3 is 14.8 Å². The van der Waals surface area contributed by atoms with Crippen molar-refractivity contribution in [1.82, 2.24) is 5.32 Å². The van der Waals surface area contributed by atoms with Crippen molar-refractivity contribution in [2.45, 2.75) is 51.1 Å². The zero-order chi connectivity index (χ0) is 12.7. The van der Waals surface area contributed by atoms with Crippen LogP contribution in [-0.4, -0.2) is 19.3 Å². The Kier molecular flexibility index (Phi) is 2.87. The summed E-state index contributed by atoms with van der Waals surface area (Å²) in [5.74, 6) is 2.27. The van der Waals surface area contributed by atoms with Crippen LogP contribution >= 0.6 is 0 Å². The fourth-order valence-corrected chi connectivity index (χ4v) is 3.15. The molecule has 2 aliphatic heterocycles. The molecule has 1 aliphatic carbocycles. The van der Waals surface area contributed by atoms with Crippen molar-refractivity contribution in [2.24, 2.45) is 0 Å². The number of benzene rings is 1. The second-order valence-electron chi connectivity index (χ2n) is 5.88. The highest BCUT2D eigenvalue weighted by Gasteiger charge is 2.26. The lowest BCUT2D eigenvalue weighted by molar-refractivity contribution is 0.268. The van der Waals surface area contributed by atoms with E-state index in [2.05, 4.69) is 11.4 Å². The third-order valence-corrected chi connectivity index (χ3v) is 4.34. The SMILES string of the molecule is c1c2c(c(CNC3CC3)c3c1OCCC3)OCCC2. The minimum absolute atomic E-state index is 0.736. The Morgan fingerprint density at radius 3 is 2.84 bits per heavy atom. The molecule has 4 rings (SSSR count). The molecule has 1 N–H and O–H groups in total. The highest BCUT2D eigenvalue weighted by molar-refractivity contribution is 5.55. The van der Waals surface area contributed by atoms with E-state index in [1.165, 1.54) is 29.5 Å². The maximum Gasteiger partial charge on any atom is 0.127 e.